The first-order valence-electron chi connectivity index (χ1n) is 5.52. The largest absolute Gasteiger partial charge is 0.385 e. The first-order chi connectivity index (χ1) is 6.58. The Kier molecular flexibility index (Phi) is 7.15. The summed E-state index contributed by atoms with van der Waals surface area (Å²) in [6, 6.07) is 0. The van der Waals surface area contributed by atoms with Crippen molar-refractivity contribution in [3.63, 3.8) is 0 Å². The molecule has 0 atom stereocenters. The quantitative estimate of drug-likeness (QED) is 0.606. The highest BCUT2D eigenvalue weighted by Gasteiger charge is 2.23. The van der Waals surface area contributed by atoms with E-state index in [0.29, 0.717) is 6.54 Å². The van der Waals surface area contributed by atoms with Gasteiger partial charge < -0.3 is 10.5 Å². The Morgan fingerprint density at radius 3 is 2.36 bits per heavy atom. The van der Waals surface area contributed by atoms with Crippen LogP contribution in [0.5, 0.6) is 0 Å². The van der Waals surface area contributed by atoms with Crippen LogP contribution in [-0.4, -0.2) is 43.8 Å². The van der Waals surface area contributed by atoms with Crippen molar-refractivity contribution in [2.24, 2.45) is 5.73 Å². The van der Waals surface area contributed by atoms with E-state index < -0.39 is 0 Å². The second-order valence-electron chi connectivity index (χ2n) is 4.35. The van der Waals surface area contributed by atoms with Gasteiger partial charge in [-0.15, -0.1) is 0 Å². The molecule has 3 heteroatoms. The molecule has 0 saturated heterocycles. The van der Waals surface area contributed by atoms with Gasteiger partial charge >= 0.3 is 0 Å². The van der Waals surface area contributed by atoms with E-state index in [9.17, 15) is 0 Å². The molecule has 0 amide bonds. The van der Waals surface area contributed by atoms with Gasteiger partial charge in [0.25, 0.3) is 0 Å². The first-order valence-corrected chi connectivity index (χ1v) is 5.52. The number of rotatable bonds is 8. The zero-order chi connectivity index (χ0) is 11.0. The van der Waals surface area contributed by atoms with E-state index in [2.05, 4.69) is 25.7 Å². The van der Waals surface area contributed by atoms with Crippen molar-refractivity contribution >= 4 is 0 Å². The molecule has 0 aromatic heterocycles. The van der Waals surface area contributed by atoms with E-state index in [4.69, 9.17) is 10.5 Å². The highest BCUT2D eigenvalue weighted by molar-refractivity contribution is 4.82. The van der Waals surface area contributed by atoms with E-state index in [-0.39, 0.29) is 5.54 Å². The van der Waals surface area contributed by atoms with Gasteiger partial charge in [0.05, 0.1) is 0 Å². The number of methoxy groups -OCH3 is 1. The molecule has 0 aromatic rings. The number of hydrogen-bond donors (Lipinski definition) is 1. The van der Waals surface area contributed by atoms with Crippen molar-refractivity contribution in [3.05, 3.63) is 0 Å². The summed E-state index contributed by atoms with van der Waals surface area (Å²) in [6.45, 7) is 10.3. The molecule has 0 radical (unpaired) electrons. The van der Waals surface area contributed by atoms with Crippen LogP contribution in [-0.2, 0) is 4.74 Å². The fourth-order valence-corrected chi connectivity index (χ4v) is 1.52. The first kappa shape index (κ1) is 13.9. The van der Waals surface area contributed by atoms with Crippen LogP contribution in [0.2, 0.25) is 0 Å². The van der Waals surface area contributed by atoms with Crippen LogP contribution in [0.3, 0.4) is 0 Å². The summed E-state index contributed by atoms with van der Waals surface area (Å²) in [7, 11) is 1.75. The maximum absolute atomic E-state index is 5.77. The number of ether oxygens (including phenoxy) is 1. The van der Waals surface area contributed by atoms with Crippen LogP contribution in [0.1, 0.15) is 33.6 Å². The lowest BCUT2D eigenvalue weighted by Gasteiger charge is -2.37. The number of nitrogens with two attached hydrogens (primary N) is 1. The SMILES string of the molecule is CCCN(CCCOC)C(C)(C)CN. The Bertz CT molecular complexity index is 137. The van der Waals surface area contributed by atoms with Gasteiger partial charge in [0.2, 0.25) is 0 Å². The summed E-state index contributed by atoms with van der Waals surface area (Å²) in [4.78, 5) is 2.45. The molecule has 0 aliphatic rings. The molecule has 86 valence electrons. The molecule has 0 fully saturated rings. The molecule has 3 nitrogen and oxygen atoms in total. The predicted molar refractivity (Wildman–Crippen MR) is 61.5 cm³/mol. The summed E-state index contributed by atoms with van der Waals surface area (Å²) in [6.07, 6.45) is 2.26. The standard InChI is InChI=1S/C11H26N2O/c1-5-7-13(8-6-9-14-4)11(2,3)10-12/h5-10,12H2,1-4H3. The van der Waals surface area contributed by atoms with Crippen LogP contribution in [0.25, 0.3) is 0 Å². The fourth-order valence-electron chi connectivity index (χ4n) is 1.52. The molecule has 0 aliphatic heterocycles. The van der Waals surface area contributed by atoms with Crippen molar-refractivity contribution in [2.45, 2.75) is 39.2 Å². The van der Waals surface area contributed by atoms with Crippen molar-refractivity contribution in [1.82, 2.24) is 4.90 Å². The zero-order valence-corrected chi connectivity index (χ0v) is 10.2. The van der Waals surface area contributed by atoms with Crippen molar-refractivity contribution in [3.8, 4) is 0 Å². The molecule has 0 bridgehead atoms. The van der Waals surface area contributed by atoms with Crippen molar-refractivity contribution in [2.75, 3.05) is 33.4 Å². The number of nitrogens with zero attached hydrogens (tertiary/aromatic N) is 1. The summed E-state index contributed by atoms with van der Waals surface area (Å²) in [5, 5.41) is 0. The molecule has 14 heavy (non-hydrogen) atoms. The maximum Gasteiger partial charge on any atom is 0.0474 e. The van der Waals surface area contributed by atoms with Gasteiger partial charge in [0, 0.05) is 32.3 Å². The molecule has 0 rings (SSSR count). The smallest absolute Gasteiger partial charge is 0.0474 e. The van der Waals surface area contributed by atoms with Crippen LogP contribution in [0.15, 0.2) is 0 Å². The molecule has 0 saturated carbocycles. The lowest BCUT2D eigenvalue weighted by atomic mass is 10.0. The topological polar surface area (TPSA) is 38.5 Å². The third-order valence-corrected chi connectivity index (χ3v) is 2.63. The van der Waals surface area contributed by atoms with E-state index in [1.54, 1.807) is 7.11 Å². The van der Waals surface area contributed by atoms with Crippen LogP contribution in [0, 0.1) is 0 Å². The average molecular weight is 202 g/mol. The molecule has 0 heterocycles. The van der Waals surface area contributed by atoms with Crippen LogP contribution < -0.4 is 5.73 Å². The Hall–Kier alpha value is -0.120. The molecule has 0 aliphatic carbocycles. The molecular weight excluding hydrogens is 176 g/mol. The second-order valence-corrected chi connectivity index (χ2v) is 4.35. The third-order valence-electron chi connectivity index (χ3n) is 2.63. The van der Waals surface area contributed by atoms with Gasteiger partial charge in [-0.2, -0.15) is 0 Å². The third kappa shape index (κ3) is 4.94. The van der Waals surface area contributed by atoms with Gasteiger partial charge in [-0.1, -0.05) is 6.92 Å². The van der Waals surface area contributed by atoms with Crippen molar-refractivity contribution in [1.29, 1.82) is 0 Å². The second kappa shape index (κ2) is 7.21. The minimum Gasteiger partial charge on any atom is -0.385 e. The van der Waals surface area contributed by atoms with Gasteiger partial charge in [-0.3, -0.25) is 4.90 Å². The maximum atomic E-state index is 5.77. The lowest BCUT2D eigenvalue weighted by molar-refractivity contribution is 0.106. The van der Waals surface area contributed by atoms with Gasteiger partial charge in [0.1, 0.15) is 0 Å². The minimum atomic E-state index is 0.115. The molecule has 0 aromatic carbocycles. The Labute approximate surface area is 88.6 Å². The fraction of sp³-hybridized carbons (Fsp3) is 1.00. The summed E-state index contributed by atoms with van der Waals surface area (Å²) in [5.74, 6) is 0. The minimum absolute atomic E-state index is 0.115. The van der Waals surface area contributed by atoms with E-state index >= 15 is 0 Å². The van der Waals surface area contributed by atoms with Gasteiger partial charge in [0.15, 0.2) is 0 Å². The van der Waals surface area contributed by atoms with Gasteiger partial charge in [-0.25, -0.2) is 0 Å². The summed E-state index contributed by atoms with van der Waals surface area (Å²) < 4.78 is 5.06. The van der Waals surface area contributed by atoms with E-state index in [1.807, 2.05) is 0 Å². The molecule has 2 N–H and O–H groups in total. The monoisotopic (exact) mass is 202 g/mol. The van der Waals surface area contributed by atoms with Crippen LogP contribution >= 0.6 is 0 Å². The number of hydrogen-bond acceptors (Lipinski definition) is 3. The Balaban J connectivity index is 4.00. The average Bonchev–Trinajstić information content (AvgIpc) is 2.17. The van der Waals surface area contributed by atoms with Crippen molar-refractivity contribution < 1.29 is 4.74 Å². The highest BCUT2D eigenvalue weighted by Crippen LogP contribution is 2.13. The molecular formula is C11H26N2O. The molecule has 0 unspecified atom stereocenters. The van der Waals surface area contributed by atoms with E-state index in [0.717, 1.165) is 26.1 Å². The summed E-state index contributed by atoms with van der Waals surface area (Å²) in [5.41, 5.74) is 5.88. The van der Waals surface area contributed by atoms with Gasteiger partial charge in [-0.05, 0) is 33.2 Å². The Morgan fingerprint density at radius 1 is 1.29 bits per heavy atom. The Morgan fingerprint density at radius 2 is 1.93 bits per heavy atom. The summed E-state index contributed by atoms with van der Waals surface area (Å²) >= 11 is 0. The predicted octanol–water partition coefficient (Wildman–Crippen LogP) is 1.47. The zero-order valence-electron chi connectivity index (χ0n) is 10.2. The molecule has 0 spiro atoms. The lowest BCUT2D eigenvalue weighted by Crippen LogP contribution is -2.50. The highest BCUT2D eigenvalue weighted by atomic mass is 16.5. The van der Waals surface area contributed by atoms with E-state index in [1.165, 1.54) is 6.42 Å². The van der Waals surface area contributed by atoms with Crippen LogP contribution in [0.4, 0.5) is 0 Å². The normalized spacial score (nSPS) is 12.4.